The van der Waals surface area contributed by atoms with E-state index in [0.717, 1.165) is 4.50 Å². The summed E-state index contributed by atoms with van der Waals surface area (Å²) in [6.07, 6.45) is 0. The van der Waals surface area contributed by atoms with Gasteiger partial charge in [0.1, 0.15) is 0 Å². The third-order valence-electron chi connectivity index (χ3n) is 0.801. The Morgan fingerprint density at radius 1 is 1.33 bits per heavy atom. The van der Waals surface area contributed by atoms with E-state index in [1.807, 2.05) is 17.5 Å². The highest BCUT2D eigenvalue weighted by atomic mass is 35.8. The lowest BCUT2D eigenvalue weighted by molar-refractivity contribution is 2.07. The smallest absolute Gasteiger partial charge is 0.150 e. The number of hydrogen-bond donors (Lipinski definition) is 0. The lowest BCUT2D eigenvalue weighted by Gasteiger charge is -2.01. The predicted octanol–water partition coefficient (Wildman–Crippen LogP) is 2.61. The molecule has 50 valence electrons. The first-order chi connectivity index (χ1) is 4.11. The molecule has 1 aromatic heterocycles. The summed E-state index contributed by atoms with van der Waals surface area (Å²) in [6.45, 7) is 0. The fraction of sp³-hybridized carbons (Fsp3) is 0. The van der Waals surface area contributed by atoms with Gasteiger partial charge in [-0.2, -0.15) is 0 Å². The van der Waals surface area contributed by atoms with Crippen LogP contribution in [-0.2, 0) is 0 Å². The maximum Gasteiger partial charge on any atom is 0.383 e. The van der Waals surface area contributed by atoms with Gasteiger partial charge in [0, 0.05) is 4.50 Å². The van der Waals surface area contributed by atoms with Crippen molar-refractivity contribution in [1.82, 2.24) is 0 Å². The number of halogens is 3. The van der Waals surface area contributed by atoms with Gasteiger partial charge < -0.3 is 0 Å². The van der Waals surface area contributed by atoms with Crippen LogP contribution in [0.25, 0.3) is 0 Å². The minimum atomic E-state index is -2.55. The van der Waals surface area contributed by atoms with E-state index < -0.39 is 6.00 Å². The number of rotatable bonds is 1. The quantitative estimate of drug-likeness (QED) is 0.501. The van der Waals surface area contributed by atoms with Gasteiger partial charge >= 0.3 is 6.00 Å². The van der Waals surface area contributed by atoms with Gasteiger partial charge in [-0.05, 0) is 11.4 Å². The summed E-state index contributed by atoms with van der Waals surface area (Å²) < 4.78 is 0.896. The van der Waals surface area contributed by atoms with Crippen molar-refractivity contribution in [3.63, 3.8) is 0 Å². The van der Waals surface area contributed by atoms with Crippen molar-refractivity contribution in [3.8, 4) is 0 Å². The Hall–Kier alpha value is 0.787. The van der Waals surface area contributed by atoms with E-state index >= 15 is 0 Å². The van der Waals surface area contributed by atoms with E-state index in [2.05, 4.69) is 0 Å². The average Bonchev–Trinajstić information content (AvgIpc) is 2.08. The molecule has 1 rings (SSSR count). The second-order valence-corrected chi connectivity index (χ2v) is 11.2. The summed E-state index contributed by atoms with van der Waals surface area (Å²) in [4.78, 5) is 0. The van der Waals surface area contributed by atoms with Crippen LogP contribution in [0.2, 0.25) is 0 Å². The van der Waals surface area contributed by atoms with Crippen molar-refractivity contribution in [2.45, 2.75) is 0 Å². The zero-order valence-corrected chi connectivity index (χ0v) is 8.36. The first-order valence-electron chi connectivity index (χ1n) is 2.21. The third-order valence-corrected chi connectivity index (χ3v) is 6.32. The minimum Gasteiger partial charge on any atom is -0.150 e. The molecule has 0 aliphatic rings. The first kappa shape index (κ1) is 7.89. The zero-order valence-electron chi connectivity index (χ0n) is 4.27. The molecule has 0 aliphatic heterocycles. The largest absolute Gasteiger partial charge is 0.383 e. The summed E-state index contributed by atoms with van der Waals surface area (Å²) in [5.74, 6) is 0. The maximum atomic E-state index is 5.68. The van der Waals surface area contributed by atoms with Crippen LogP contribution in [0.15, 0.2) is 17.5 Å². The van der Waals surface area contributed by atoms with Crippen molar-refractivity contribution in [1.29, 1.82) is 0 Å². The van der Waals surface area contributed by atoms with Crippen molar-refractivity contribution < 1.29 is 0 Å². The van der Waals surface area contributed by atoms with E-state index in [1.165, 1.54) is 11.3 Å². The van der Waals surface area contributed by atoms with Crippen molar-refractivity contribution >= 4 is 55.1 Å². The van der Waals surface area contributed by atoms with E-state index in [4.69, 9.17) is 33.2 Å². The monoisotopic (exact) mass is 216 g/mol. The number of hydrogen-bond acceptors (Lipinski definition) is 1. The second-order valence-electron chi connectivity index (χ2n) is 1.48. The Kier molecular flexibility index (Phi) is 2.46. The molecule has 0 atom stereocenters. The van der Waals surface area contributed by atoms with Crippen molar-refractivity contribution in [3.05, 3.63) is 17.5 Å². The van der Waals surface area contributed by atoms with Gasteiger partial charge in [0.2, 0.25) is 0 Å². The van der Waals surface area contributed by atoms with Gasteiger partial charge in [-0.3, -0.25) is 0 Å². The number of thiophene rings is 1. The van der Waals surface area contributed by atoms with E-state index in [9.17, 15) is 0 Å². The molecule has 1 aromatic rings. The molecule has 0 bridgehead atoms. The average molecular weight is 218 g/mol. The normalized spacial score (nSPS) is 11.9. The van der Waals surface area contributed by atoms with Crippen LogP contribution >= 0.6 is 44.6 Å². The second kappa shape index (κ2) is 2.80. The molecule has 0 spiro atoms. The van der Waals surface area contributed by atoms with E-state index in [1.54, 1.807) is 0 Å². The van der Waals surface area contributed by atoms with E-state index in [0.29, 0.717) is 0 Å². The lowest BCUT2D eigenvalue weighted by Crippen LogP contribution is -2.26. The molecule has 9 heavy (non-hydrogen) atoms. The van der Waals surface area contributed by atoms with Crippen LogP contribution in [-0.4, -0.2) is 6.00 Å². The highest BCUT2D eigenvalue weighted by Gasteiger charge is 2.28. The van der Waals surface area contributed by atoms with Crippen molar-refractivity contribution in [2.24, 2.45) is 0 Å². The molecular formula is C4H3Cl3SSi. The molecule has 0 radical (unpaired) electrons. The van der Waals surface area contributed by atoms with Gasteiger partial charge in [0.05, 0.1) is 0 Å². The van der Waals surface area contributed by atoms with Crippen LogP contribution in [0.3, 0.4) is 0 Å². The SMILES string of the molecule is Cl[Si](Cl)(Cl)c1cccs1. The van der Waals surface area contributed by atoms with Crippen LogP contribution in [0, 0.1) is 0 Å². The fourth-order valence-corrected chi connectivity index (χ4v) is 3.69. The Balaban J connectivity index is 2.90. The molecule has 0 aliphatic carbocycles. The van der Waals surface area contributed by atoms with Crippen LogP contribution < -0.4 is 4.50 Å². The molecular weight excluding hydrogens is 215 g/mol. The Labute approximate surface area is 72.5 Å². The molecule has 0 nitrogen and oxygen atoms in total. The van der Waals surface area contributed by atoms with Crippen LogP contribution in [0.4, 0.5) is 0 Å². The summed E-state index contributed by atoms with van der Waals surface area (Å²) >= 11 is 18.5. The Morgan fingerprint density at radius 3 is 2.22 bits per heavy atom. The molecule has 0 saturated heterocycles. The highest BCUT2D eigenvalue weighted by Crippen LogP contribution is 2.21. The highest BCUT2D eigenvalue weighted by molar-refractivity contribution is 7.73. The van der Waals surface area contributed by atoms with Gasteiger partial charge in [-0.15, -0.1) is 44.6 Å². The standard InChI is InChI=1S/C4H3Cl3SSi/c5-9(6,7)4-2-1-3-8-4/h1-3H. The molecule has 1 heterocycles. The van der Waals surface area contributed by atoms with Crippen LogP contribution in [0.5, 0.6) is 0 Å². The molecule has 0 unspecified atom stereocenters. The van der Waals surface area contributed by atoms with Crippen molar-refractivity contribution in [2.75, 3.05) is 0 Å². The van der Waals surface area contributed by atoms with Gasteiger partial charge in [-0.25, -0.2) is 0 Å². The molecule has 0 amide bonds. The maximum absolute atomic E-state index is 5.68. The summed E-state index contributed by atoms with van der Waals surface area (Å²) in [7, 11) is 0. The van der Waals surface area contributed by atoms with Gasteiger partial charge in [0.15, 0.2) is 0 Å². The van der Waals surface area contributed by atoms with Gasteiger partial charge in [0.25, 0.3) is 0 Å². The van der Waals surface area contributed by atoms with Gasteiger partial charge in [-0.1, -0.05) is 6.07 Å². The third kappa shape index (κ3) is 2.13. The molecule has 0 saturated carbocycles. The fourth-order valence-electron chi connectivity index (χ4n) is 0.440. The lowest BCUT2D eigenvalue weighted by atomic mass is 10.7. The molecule has 5 heteroatoms. The molecule has 0 aromatic carbocycles. The summed E-state index contributed by atoms with van der Waals surface area (Å²) in [5, 5.41) is 1.91. The first-order valence-corrected chi connectivity index (χ1v) is 8.13. The van der Waals surface area contributed by atoms with Crippen LogP contribution in [0.1, 0.15) is 0 Å². The topological polar surface area (TPSA) is 0 Å². The zero-order chi connectivity index (χ0) is 6.91. The molecule has 0 fully saturated rings. The Bertz CT molecular complexity index is 178. The van der Waals surface area contributed by atoms with E-state index in [-0.39, 0.29) is 0 Å². The minimum absolute atomic E-state index is 0.896. The Morgan fingerprint density at radius 2 is 2.00 bits per heavy atom. The summed E-state index contributed by atoms with van der Waals surface area (Å²) in [5.41, 5.74) is 0. The predicted molar refractivity (Wildman–Crippen MR) is 47.3 cm³/mol. The summed E-state index contributed by atoms with van der Waals surface area (Å²) in [6, 6.07) is 1.19. The molecule has 0 N–H and O–H groups in total.